The number of halogens is 1. The van der Waals surface area contributed by atoms with Gasteiger partial charge in [0.1, 0.15) is 0 Å². The maximum absolute atomic E-state index is 11.3. The van der Waals surface area contributed by atoms with Crippen molar-refractivity contribution in [1.82, 2.24) is 9.78 Å². The highest BCUT2D eigenvalue weighted by Gasteiger charge is 2.31. The number of aromatic nitrogens is 2. The number of carbonyl (C=O) groups is 1. The first-order chi connectivity index (χ1) is 5.98. The topological polar surface area (TPSA) is 44.1 Å². The lowest BCUT2D eigenvalue weighted by molar-refractivity contribution is -0.150. The van der Waals surface area contributed by atoms with E-state index < -0.39 is 5.54 Å². The number of hydrogen-bond acceptors (Lipinski definition) is 3. The molecule has 0 saturated carbocycles. The molecule has 0 aromatic carbocycles. The van der Waals surface area contributed by atoms with Crippen molar-refractivity contribution in [2.75, 3.05) is 7.11 Å². The smallest absolute Gasteiger partial charge is 0.333 e. The van der Waals surface area contributed by atoms with Crippen molar-refractivity contribution in [3.63, 3.8) is 0 Å². The summed E-state index contributed by atoms with van der Waals surface area (Å²) >= 11 is 3.26. The minimum atomic E-state index is -0.763. The monoisotopic (exact) mass is 246 g/mol. The Hall–Kier alpha value is -0.840. The zero-order valence-corrected chi connectivity index (χ0v) is 9.33. The highest BCUT2D eigenvalue weighted by molar-refractivity contribution is 9.10. The second-order valence-electron chi connectivity index (χ2n) is 3.15. The molecule has 0 unspecified atom stereocenters. The van der Waals surface area contributed by atoms with Crippen LogP contribution in [0.4, 0.5) is 0 Å². The predicted molar refractivity (Wildman–Crippen MR) is 51.3 cm³/mol. The van der Waals surface area contributed by atoms with Gasteiger partial charge in [-0.3, -0.25) is 4.68 Å². The highest BCUT2D eigenvalue weighted by atomic mass is 79.9. The Balaban J connectivity index is 2.99. The van der Waals surface area contributed by atoms with Crippen LogP contribution < -0.4 is 0 Å². The van der Waals surface area contributed by atoms with Gasteiger partial charge in [-0.1, -0.05) is 0 Å². The van der Waals surface area contributed by atoms with E-state index in [1.165, 1.54) is 7.11 Å². The Labute approximate surface area is 85.0 Å². The van der Waals surface area contributed by atoms with Gasteiger partial charge < -0.3 is 4.74 Å². The zero-order valence-electron chi connectivity index (χ0n) is 7.74. The molecule has 13 heavy (non-hydrogen) atoms. The molecule has 0 amide bonds. The lowest BCUT2D eigenvalue weighted by Gasteiger charge is -2.21. The summed E-state index contributed by atoms with van der Waals surface area (Å²) in [6, 6.07) is 0. The van der Waals surface area contributed by atoms with Crippen LogP contribution in [0.25, 0.3) is 0 Å². The van der Waals surface area contributed by atoms with E-state index >= 15 is 0 Å². The number of ether oxygens (including phenoxy) is 1. The largest absolute Gasteiger partial charge is 0.467 e. The predicted octanol–water partition coefficient (Wildman–Crippen LogP) is 1.55. The van der Waals surface area contributed by atoms with E-state index in [-0.39, 0.29) is 5.97 Å². The first kappa shape index (κ1) is 10.2. The Morgan fingerprint density at radius 2 is 2.31 bits per heavy atom. The van der Waals surface area contributed by atoms with Crippen LogP contribution in [0.15, 0.2) is 16.9 Å². The molecule has 0 radical (unpaired) electrons. The summed E-state index contributed by atoms with van der Waals surface area (Å²) in [7, 11) is 1.36. The number of methoxy groups -OCH3 is 1. The van der Waals surface area contributed by atoms with Gasteiger partial charge in [0.15, 0.2) is 5.54 Å². The van der Waals surface area contributed by atoms with Gasteiger partial charge in [0.05, 0.1) is 17.8 Å². The highest BCUT2D eigenvalue weighted by Crippen LogP contribution is 2.18. The maximum atomic E-state index is 11.3. The minimum absolute atomic E-state index is 0.317. The molecule has 0 fully saturated rings. The fourth-order valence-electron chi connectivity index (χ4n) is 0.950. The van der Waals surface area contributed by atoms with Gasteiger partial charge in [0.25, 0.3) is 0 Å². The second kappa shape index (κ2) is 3.49. The van der Waals surface area contributed by atoms with Crippen molar-refractivity contribution < 1.29 is 9.53 Å². The number of esters is 1. The molecule has 1 aromatic heterocycles. The van der Waals surface area contributed by atoms with Crippen LogP contribution in [0.5, 0.6) is 0 Å². The molecule has 1 heterocycles. The molecule has 0 aliphatic rings. The summed E-state index contributed by atoms with van der Waals surface area (Å²) in [5.41, 5.74) is -0.763. The summed E-state index contributed by atoms with van der Waals surface area (Å²) in [6.45, 7) is 3.50. The number of nitrogens with zero attached hydrogens (tertiary/aromatic N) is 2. The Kier molecular flexibility index (Phi) is 2.75. The Bertz CT molecular complexity index is 320. The summed E-state index contributed by atoms with van der Waals surface area (Å²) in [5, 5.41) is 4.03. The van der Waals surface area contributed by atoms with Crippen molar-refractivity contribution in [3.8, 4) is 0 Å². The molecule has 5 heteroatoms. The summed E-state index contributed by atoms with van der Waals surface area (Å²) in [4.78, 5) is 11.3. The third-order valence-corrected chi connectivity index (χ3v) is 2.22. The molecule has 1 rings (SSSR count). The molecule has 0 aliphatic heterocycles. The molecule has 0 bridgehead atoms. The maximum Gasteiger partial charge on any atom is 0.333 e. The van der Waals surface area contributed by atoms with E-state index in [2.05, 4.69) is 25.8 Å². The quantitative estimate of drug-likeness (QED) is 0.745. The fraction of sp³-hybridized carbons (Fsp3) is 0.500. The number of hydrogen-bond donors (Lipinski definition) is 0. The minimum Gasteiger partial charge on any atom is -0.467 e. The number of rotatable bonds is 2. The van der Waals surface area contributed by atoms with E-state index in [1.807, 2.05) is 0 Å². The van der Waals surface area contributed by atoms with Crippen LogP contribution >= 0.6 is 15.9 Å². The van der Waals surface area contributed by atoms with E-state index in [0.29, 0.717) is 0 Å². The molecule has 72 valence electrons. The molecule has 4 nitrogen and oxygen atoms in total. The molecule has 1 aromatic rings. The van der Waals surface area contributed by atoms with Crippen LogP contribution in [0, 0.1) is 0 Å². The van der Waals surface area contributed by atoms with Gasteiger partial charge in [-0.2, -0.15) is 5.10 Å². The van der Waals surface area contributed by atoms with Crippen molar-refractivity contribution in [1.29, 1.82) is 0 Å². The van der Waals surface area contributed by atoms with Crippen LogP contribution in [-0.2, 0) is 15.1 Å². The second-order valence-corrected chi connectivity index (χ2v) is 4.07. The van der Waals surface area contributed by atoms with E-state index in [4.69, 9.17) is 0 Å². The van der Waals surface area contributed by atoms with Crippen LogP contribution in [-0.4, -0.2) is 22.9 Å². The van der Waals surface area contributed by atoms with E-state index in [1.54, 1.807) is 30.9 Å². The normalized spacial score (nSPS) is 11.4. The molecule has 0 saturated heterocycles. The van der Waals surface area contributed by atoms with Gasteiger partial charge >= 0.3 is 5.97 Å². The average molecular weight is 247 g/mol. The Morgan fingerprint density at radius 3 is 2.69 bits per heavy atom. The van der Waals surface area contributed by atoms with E-state index in [9.17, 15) is 4.79 Å². The zero-order chi connectivity index (χ0) is 10.1. The molecule has 0 atom stereocenters. The van der Waals surface area contributed by atoms with Crippen molar-refractivity contribution in [3.05, 3.63) is 16.9 Å². The molecule has 0 N–H and O–H groups in total. The first-order valence-electron chi connectivity index (χ1n) is 3.77. The summed E-state index contributed by atoms with van der Waals surface area (Å²) in [5.74, 6) is -0.317. The average Bonchev–Trinajstić information content (AvgIpc) is 2.50. The Morgan fingerprint density at radius 1 is 1.69 bits per heavy atom. The van der Waals surface area contributed by atoms with Gasteiger partial charge in [-0.25, -0.2) is 4.79 Å². The first-order valence-corrected chi connectivity index (χ1v) is 4.57. The third-order valence-electron chi connectivity index (χ3n) is 1.81. The van der Waals surface area contributed by atoms with Crippen molar-refractivity contribution >= 4 is 21.9 Å². The molecule has 0 aliphatic carbocycles. The summed E-state index contributed by atoms with van der Waals surface area (Å²) < 4.78 is 7.06. The molecular formula is C8H11BrN2O2. The van der Waals surface area contributed by atoms with Crippen LogP contribution in [0.3, 0.4) is 0 Å². The fourth-order valence-corrected chi connectivity index (χ4v) is 1.24. The van der Waals surface area contributed by atoms with Crippen molar-refractivity contribution in [2.24, 2.45) is 0 Å². The lowest BCUT2D eigenvalue weighted by Crippen LogP contribution is -2.37. The molecular weight excluding hydrogens is 236 g/mol. The molecule has 0 spiro atoms. The van der Waals surface area contributed by atoms with Gasteiger partial charge in [-0.05, 0) is 29.8 Å². The lowest BCUT2D eigenvalue weighted by atomic mass is 10.1. The van der Waals surface area contributed by atoms with Crippen molar-refractivity contribution in [2.45, 2.75) is 19.4 Å². The number of carbonyl (C=O) groups excluding carboxylic acids is 1. The third kappa shape index (κ3) is 1.91. The van der Waals surface area contributed by atoms with Gasteiger partial charge in [0, 0.05) is 6.20 Å². The SMILES string of the molecule is COC(=O)C(C)(C)n1cc(Br)cn1. The standard InChI is InChI=1S/C8H11BrN2O2/c1-8(2,7(12)13-3)11-5-6(9)4-10-11/h4-5H,1-3H3. The van der Waals surface area contributed by atoms with Crippen LogP contribution in [0.2, 0.25) is 0 Å². The van der Waals surface area contributed by atoms with E-state index in [0.717, 1.165) is 4.47 Å². The van der Waals surface area contributed by atoms with Gasteiger partial charge in [0.2, 0.25) is 0 Å². The summed E-state index contributed by atoms with van der Waals surface area (Å²) in [6.07, 6.45) is 3.36. The van der Waals surface area contributed by atoms with Crippen LogP contribution in [0.1, 0.15) is 13.8 Å². The van der Waals surface area contributed by atoms with Gasteiger partial charge in [-0.15, -0.1) is 0 Å².